The van der Waals surface area contributed by atoms with E-state index in [0.717, 1.165) is 39.3 Å². The monoisotopic (exact) mass is 427 g/mol. The van der Waals surface area contributed by atoms with E-state index < -0.39 is 13.6 Å². The summed E-state index contributed by atoms with van der Waals surface area (Å²) in [6, 6.07) is 24.8. The molecular weight excluding hydrogens is 398 g/mol. The van der Waals surface area contributed by atoms with Gasteiger partial charge >= 0.3 is 0 Å². The van der Waals surface area contributed by atoms with E-state index in [1.165, 1.54) is 0 Å². The van der Waals surface area contributed by atoms with Crippen LogP contribution in [-0.4, -0.2) is 28.9 Å². The number of hydrogen-bond acceptors (Lipinski definition) is 3. The molecule has 158 valence electrons. The van der Waals surface area contributed by atoms with Crippen molar-refractivity contribution in [3.8, 4) is 0 Å². The molecule has 4 aromatic rings. The molecule has 0 aliphatic rings. The number of carbonyl (C=O) groups excluding carboxylic acids is 1. The Morgan fingerprint density at radius 2 is 1.55 bits per heavy atom. The minimum atomic E-state index is -1.76. The number of aromatic nitrogens is 3. The summed E-state index contributed by atoms with van der Waals surface area (Å²) in [5.74, 6) is 0.0764. The quantitative estimate of drug-likeness (QED) is 0.279. The number of ketones is 1. The summed E-state index contributed by atoms with van der Waals surface area (Å²) in [4.78, 5) is 14.5. The fourth-order valence-electron chi connectivity index (χ4n) is 4.40. The highest BCUT2D eigenvalue weighted by Crippen LogP contribution is 2.40. The molecule has 0 N–H and O–H groups in total. The van der Waals surface area contributed by atoms with Gasteiger partial charge in [0.15, 0.2) is 11.3 Å². The standard InChI is InChI=1S/C26H29N3OSi/c1-19-14-16-21(17-15-19)26(18-31(3,4)5,25(30)22-11-7-6-10-20(22)2)29-24-13-9-8-12-23(24)27-28-29/h6-17H,18H2,1-5H3. The smallest absolute Gasteiger partial charge is 0.195 e. The Morgan fingerprint density at radius 3 is 2.23 bits per heavy atom. The molecule has 0 fully saturated rings. The van der Waals surface area contributed by atoms with E-state index in [4.69, 9.17) is 0 Å². The Labute approximate surface area is 184 Å². The van der Waals surface area contributed by atoms with Crippen molar-refractivity contribution in [3.05, 3.63) is 95.1 Å². The number of carbonyl (C=O) groups is 1. The van der Waals surface area contributed by atoms with Crippen LogP contribution in [0.4, 0.5) is 0 Å². The van der Waals surface area contributed by atoms with Gasteiger partial charge < -0.3 is 0 Å². The van der Waals surface area contributed by atoms with E-state index in [2.05, 4.69) is 61.1 Å². The van der Waals surface area contributed by atoms with Gasteiger partial charge in [0.1, 0.15) is 5.52 Å². The van der Waals surface area contributed by atoms with Crippen molar-refractivity contribution in [2.24, 2.45) is 0 Å². The second-order valence-electron chi connectivity index (χ2n) is 9.60. The summed E-state index contributed by atoms with van der Waals surface area (Å²) in [5.41, 5.74) is 4.56. The van der Waals surface area contributed by atoms with Crippen molar-refractivity contribution in [2.75, 3.05) is 0 Å². The molecule has 0 aliphatic heterocycles. The summed E-state index contributed by atoms with van der Waals surface area (Å²) in [6.07, 6.45) is 0. The third-order valence-corrected chi connectivity index (χ3v) is 7.37. The van der Waals surface area contributed by atoms with E-state index in [1.54, 1.807) is 0 Å². The molecule has 0 bridgehead atoms. The van der Waals surface area contributed by atoms with Crippen molar-refractivity contribution in [3.63, 3.8) is 0 Å². The Kier molecular flexibility index (Phi) is 5.39. The molecular formula is C26H29N3OSi. The third-order valence-electron chi connectivity index (χ3n) is 5.79. The lowest BCUT2D eigenvalue weighted by atomic mass is 9.82. The maximum absolute atomic E-state index is 14.5. The summed E-state index contributed by atoms with van der Waals surface area (Å²) in [6.45, 7) is 11.0. The van der Waals surface area contributed by atoms with E-state index in [1.807, 2.05) is 60.1 Å². The van der Waals surface area contributed by atoms with Gasteiger partial charge in [-0.15, -0.1) is 5.10 Å². The molecule has 0 spiro atoms. The molecule has 0 radical (unpaired) electrons. The van der Waals surface area contributed by atoms with Crippen LogP contribution < -0.4 is 0 Å². The second kappa shape index (κ2) is 7.89. The van der Waals surface area contributed by atoms with Crippen LogP contribution in [0.2, 0.25) is 25.7 Å². The van der Waals surface area contributed by atoms with Gasteiger partial charge in [-0.05, 0) is 43.2 Å². The summed E-state index contributed by atoms with van der Waals surface area (Å²) in [5, 5.41) is 9.03. The van der Waals surface area contributed by atoms with Crippen LogP contribution in [-0.2, 0) is 5.54 Å². The molecule has 1 aromatic heterocycles. The molecule has 0 saturated heterocycles. The molecule has 1 atom stereocenters. The highest BCUT2D eigenvalue weighted by molar-refractivity contribution is 6.76. The van der Waals surface area contributed by atoms with Crippen molar-refractivity contribution in [1.29, 1.82) is 0 Å². The minimum absolute atomic E-state index is 0.0764. The van der Waals surface area contributed by atoms with Crippen LogP contribution in [0.5, 0.6) is 0 Å². The van der Waals surface area contributed by atoms with Crippen LogP contribution in [0.25, 0.3) is 11.0 Å². The lowest BCUT2D eigenvalue weighted by molar-refractivity contribution is 0.0858. The molecule has 1 unspecified atom stereocenters. The van der Waals surface area contributed by atoms with Crippen LogP contribution in [0.1, 0.15) is 27.0 Å². The van der Waals surface area contributed by atoms with Gasteiger partial charge in [0, 0.05) is 13.6 Å². The van der Waals surface area contributed by atoms with Gasteiger partial charge in [-0.1, -0.05) is 91.1 Å². The average molecular weight is 428 g/mol. The van der Waals surface area contributed by atoms with E-state index in [0.29, 0.717) is 0 Å². The second-order valence-corrected chi connectivity index (χ2v) is 15.1. The zero-order valence-electron chi connectivity index (χ0n) is 18.9. The zero-order valence-corrected chi connectivity index (χ0v) is 19.9. The maximum Gasteiger partial charge on any atom is 0.195 e. The molecule has 4 nitrogen and oxygen atoms in total. The fraction of sp³-hybridized carbons (Fsp3) is 0.269. The first-order chi connectivity index (χ1) is 14.7. The normalized spacial score (nSPS) is 13.8. The topological polar surface area (TPSA) is 47.8 Å². The predicted molar refractivity (Wildman–Crippen MR) is 129 cm³/mol. The number of benzene rings is 3. The van der Waals surface area contributed by atoms with E-state index >= 15 is 0 Å². The Morgan fingerprint density at radius 1 is 0.903 bits per heavy atom. The number of para-hydroxylation sites is 1. The highest BCUT2D eigenvalue weighted by Gasteiger charge is 2.47. The van der Waals surface area contributed by atoms with Crippen molar-refractivity contribution in [2.45, 2.75) is 45.1 Å². The van der Waals surface area contributed by atoms with Crippen LogP contribution in [0, 0.1) is 13.8 Å². The van der Waals surface area contributed by atoms with Crippen molar-refractivity contribution < 1.29 is 4.79 Å². The van der Waals surface area contributed by atoms with Crippen LogP contribution in [0.3, 0.4) is 0 Å². The van der Waals surface area contributed by atoms with Gasteiger partial charge in [0.2, 0.25) is 0 Å². The molecule has 1 heterocycles. The first-order valence-corrected chi connectivity index (χ1v) is 14.4. The third kappa shape index (κ3) is 3.86. The fourth-order valence-corrected chi connectivity index (χ4v) is 6.45. The van der Waals surface area contributed by atoms with E-state index in [9.17, 15) is 4.79 Å². The Bertz CT molecular complexity index is 1240. The van der Waals surface area contributed by atoms with Gasteiger partial charge in [-0.2, -0.15) is 0 Å². The molecule has 5 heteroatoms. The minimum Gasteiger partial charge on any atom is -0.291 e. The van der Waals surface area contributed by atoms with Gasteiger partial charge in [-0.3, -0.25) is 4.79 Å². The number of fused-ring (bicyclic) bond motifs is 1. The van der Waals surface area contributed by atoms with Gasteiger partial charge in [0.25, 0.3) is 0 Å². The molecule has 0 saturated carbocycles. The molecule has 3 aromatic carbocycles. The molecule has 31 heavy (non-hydrogen) atoms. The average Bonchev–Trinajstić information content (AvgIpc) is 3.16. The number of Topliss-reactive ketones (excluding diaryl/α,β-unsaturated/α-hetero) is 1. The maximum atomic E-state index is 14.5. The Balaban J connectivity index is 2.10. The van der Waals surface area contributed by atoms with Crippen LogP contribution >= 0.6 is 0 Å². The highest BCUT2D eigenvalue weighted by atomic mass is 28.3. The summed E-state index contributed by atoms with van der Waals surface area (Å²) >= 11 is 0. The zero-order chi connectivity index (χ0) is 22.2. The number of hydrogen-bond donors (Lipinski definition) is 0. The number of aryl methyl sites for hydroxylation is 2. The molecule has 0 aliphatic carbocycles. The summed E-state index contributed by atoms with van der Waals surface area (Å²) in [7, 11) is -1.76. The largest absolute Gasteiger partial charge is 0.291 e. The molecule has 0 amide bonds. The number of rotatable bonds is 6. The van der Waals surface area contributed by atoms with Gasteiger partial charge in [0.05, 0.1) is 5.52 Å². The lowest BCUT2D eigenvalue weighted by Gasteiger charge is -2.38. The first kappa shape index (κ1) is 21.2. The lowest BCUT2D eigenvalue weighted by Crippen LogP contribution is -2.49. The van der Waals surface area contributed by atoms with Gasteiger partial charge in [-0.25, -0.2) is 4.68 Å². The molecule has 4 rings (SSSR count). The van der Waals surface area contributed by atoms with Crippen molar-refractivity contribution >= 4 is 24.9 Å². The Hall–Kier alpha value is -3.05. The van der Waals surface area contributed by atoms with Crippen molar-refractivity contribution in [1.82, 2.24) is 15.0 Å². The summed E-state index contributed by atoms with van der Waals surface area (Å²) < 4.78 is 1.89. The predicted octanol–water partition coefficient (Wildman–Crippen LogP) is 6.01. The van der Waals surface area contributed by atoms with Crippen LogP contribution in [0.15, 0.2) is 72.8 Å². The number of nitrogens with zero attached hydrogens (tertiary/aromatic N) is 3. The van der Waals surface area contributed by atoms with E-state index in [-0.39, 0.29) is 5.78 Å². The first-order valence-electron chi connectivity index (χ1n) is 10.7. The SMILES string of the molecule is Cc1ccc(C(C[Si](C)(C)C)(C(=O)c2ccccc2C)n2nnc3ccccc32)cc1.